The number of rotatable bonds is 7. The summed E-state index contributed by atoms with van der Waals surface area (Å²) in [5.74, 6) is -0.709. The third-order valence-corrected chi connectivity index (χ3v) is 3.90. The molecule has 4 N–H and O–H groups in total. The normalized spacial score (nSPS) is 10.6. The highest BCUT2D eigenvalue weighted by Crippen LogP contribution is 2.34. The molecule has 1 aromatic carbocycles. The highest BCUT2D eigenvalue weighted by Gasteiger charge is 2.15. The lowest BCUT2D eigenvalue weighted by Crippen LogP contribution is -2.10. The number of nitrogens with one attached hydrogen (secondary N) is 1. The number of hydrogen-bond donors (Lipinski definition) is 3. The van der Waals surface area contributed by atoms with Gasteiger partial charge in [0.15, 0.2) is 17.4 Å². The van der Waals surface area contributed by atoms with Crippen LogP contribution in [-0.2, 0) is 18.0 Å². The number of benzene rings is 1. The summed E-state index contributed by atoms with van der Waals surface area (Å²) in [5, 5.41) is 10.8. The number of halogens is 2. The van der Waals surface area contributed by atoms with Gasteiger partial charge in [-0.2, -0.15) is 0 Å². The lowest BCUT2D eigenvalue weighted by Gasteiger charge is -2.13. The van der Waals surface area contributed by atoms with Crippen molar-refractivity contribution in [2.45, 2.75) is 13.2 Å². The fraction of sp³-hybridized carbons (Fsp3) is 0.158. The number of nitrogens with two attached hydrogens (primary N) is 1. The zero-order chi connectivity index (χ0) is 21.7. The van der Waals surface area contributed by atoms with Crippen LogP contribution in [0.2, 0.25) is 0 Å². The van der Waals surface area contributed by atoms with Crippen LogP contribution in [0.3, 0.4) is 0 Å². The van der Waals surface area contributed by atoms with E-state index < -0.39 is 17.7 Å². The number of aromatic nitrogens is 3. The highest BCUT2D eigenvalue weighted by molar-refractivity contribution is 5.81. The highest BCUT2D eigenvalue weighted by atomic mass is 19.1. The summed E-state index contributed by atoms with van der Waals surface area (Å²) in [6, 6.07) is 5.56. The van der Waals surface area contributed by atoms with Crippen LogP contribution < -0.4 is 15.8 Å². The van der Waals surface area contributed by atoms with E-state index in [1.165, 1.54) is 13.2 Å². The summed E-state index contributed by atoms with van der Waals surface area (Å²) in [6.07, 6.45) is 0.729. The molecule has 0 aliphatic carbocycles. The Labute approximate surface area is 169 Å². The van der Waals surface area contributed by atoms with Gasteiger partial charge in [-0.15, -0.1) is 0 Å². The molecule has 0 aliphatic rings. The smallest absolute Gasteiger partial charge is 0.410 e. The molecule has 3 aromatic rings. The standard InChI is InChI=1S/C19H17F2N5O4/c1-29-17-12(18-23-6-11(20)7-24-18)4-10(5-14(17)22)8-30-9-15-13(21)2-3-16(25-15)26-19(27)28/h2-7H,8-9,22H2,1H3,(H,25,26)(H,27,28). The molecule has 3 rings (SSSR count). The van der Waals surface area contributed by atoms with E-state index in [4.69, 9.17) is 20.3 Å². The molecule has 1 amide bonds. The Kier molecular flexibility index (Phi) is 6.32. The first kappa shape index (κ1) is 20.9. The van der Waals surface area contributed by atoms with Crippen LogP contribution in [0.4, 0.5) is 25.1 Å². The Hall–Kier alpha value is -3.86. The summed E-state index contributed by atoms with van der Waals surface area (Å²) in [5.41, 5.74) is 7.30. The van der Waals surface area contributed by atoms with Crippen LogP contribution in [0.25, 0.3) is 11.4 Å². The summed E-state index contributed by atoms with van der Waals surface area (Å²) in [7, 11) is 1.43. The van der Waals surface area contributed by atoms with Gasteiger partial charge >= 0.3 is 6.09 Å². The number of carboxylic acid groups (broad SMARTS) is 1. The summed E-state index contributed by atoms with van der Waals surface area (Å²) in [4.78, 5) is 22.4. The summed E-state index contributed by atoms with van der Waals surface area (Å²) in [6.45, 7) is -0.185. The maximum atomic E-state index is 13.9. The minimum atomic E-state index is -1.31. The number of methoxy groups -OCH3 is 1. The Bertz CT molecular complexity index is 1060. The summed E-state index contributed by atoms with van der Waals surface area (Å²) >= 11 is 0. The lowest BCUT2D eigenvalue weighted by molar-refractivity contribution is 0.102. The topological polar surface area (TPSA) is 132 Å². The third kappa shape index (κ3) is 4.94. The van der Waals surface area contributed by atoms with E-state index in [1.54, 1.807) is 12.1 Å². The number of carbonyl (C=O) groups is 1. The van der Waals surface area contributed by atoms with Gasteiger partial charge in [0.1, 0.15) is 17.3 Å². The quantitative estimate of drug-likeness (QED) is 0.499. The van der Waals surface area contributed by atoms with E-state index in [1.807, 2.05) is 5.32 Å². The van der Waals surface area contributed by atoms with Crippen LogP contribution in [0.5, 0.6) is 5.75 Å². The van der Waals surface area contributed by atoms with E-state index in [2.05, 4.69) is 15.0 Å². The van der Waals surface area contributed by atoms with E-state index in [0.717, 1.165) is 18.5 Å². The van der Waals surface area contributed by atoms with Crippen molar-refractivity contribution in [3.05, 3.63) is 59.6 Å². The SMILES string of the molecule is COc1c(N)cc(COCc2nc(NC(=O)O)ccc2F)cc1-c1ncc(F)cn1. The van der Waals surface area contributed by atoms with E-state index in [-0.39, 0.29) is 30.5 Å². The second-order valence-corrected chi connectivity index (χ2v) is 6.04. The van der Waals surface area contributed by atoms with Gasteiger partial charge in [0.2, 0.25) is 0 Å². The minimum Gasteiger partial charge on any atom is -0.494 e. The van der Waals surface area contributed by atoms with E-state index >= 15 is 0 Å². The molecule has 0 saturated carbocycles. The number of nitrogen functional groups attached to an aromatic ring is 1. The number of anilines is 2. The average molecular weight is 417 g/mol. The molecule has 0 saturated heterocycles. The average Bonchev–Trinajstić information content (AvgIpc) is 2.70. The van der Waals surface area contributed by atoms with Crippen LogP contribution in [0, 0.1) is 11.6 Å². The second-order valence-electron chi connectivity index (χ2n) is 6.04. The monoisotopic (exact) mass is 417 g/mol. The number of pyridine rings is 1. The Balaban J connectivity index is 1.78. The van der Waals surface area contributed by atoms with Crippen LogP contribution in [0.15, 0.2) is 36.7 Å². The van der Waals surface area contributed by atoms with Gasteiger partial charge in [0.25, 0.3) is 0 Å². The molecule has 0 aliphatic heterocycles. The Morgan fingerprint density at radius 2 is 1.93 bits per heavy atom. The van der Waals surface area contributed by atoms with Gasteiger partial charge in [-0.05, 0) is 29.8 Å². The number of hydrogen-bond acceptors (Lipinski definition) is 7. The predicted octanol–water partition coefficient (Wildman–Crippen LogP) is 3.21. The molecule has 2 heterocycles. The fourth-order valence-electron chi connectivity index (χ4n) is 2.67. The molecule has 11 heteroatoms. The first-order valence-electron chi connectivity index (χ1n) is 8.54. The van der Waals surface area contributed by atoms with E-state index in [9.17, 15) is 13.6 Å². The molecule has 0 unspecified atom stereocenters. The Morgan fingerprint density at radius 1 is 1.20 bits per heavy atom. The van der Waals surface area contributed by atoms with Crippen molar-refractivity contribution in [2.24, 2.45) is 0 Å². The fourth-order valence-corrected chi connectivity index (χ4v) is 2.67. The lowest BCUT2D eigenvalue weighted by atomic mass is 10.1. The maximum absolute atomic E-state index is 13.9. The molecule has 30 heavy (non-hydrogen) atoms. The number of ether oxygens (including phenoxy) is 2. The molecule has 2 aromatic heterocycles. The van der Waals surface area contributed by atoms with Gasteiger partial charge in [-0.25, -0.2) is 28.5 Å². The maximum Gasteiger partial charge on any atom is 0.410 e. The van der Waals surface area contributed by atoms with Crippen LogP contribution >= 0.6 is 0 Å². The predicted molar refractivity (Wildman–Crippen MR) is 103 cm³/mol. The van der Waals surface area contributed by atoms with E-state index in [0.29, 0.717) is 22.6 Å². The van der Waals surface area contributed by atoms with Crippen molar-refractivity contribution in [3.63, 3.8) is 0 Å². The van der Waals surface area contributed by atoms with Crippen molar-refractivity contribution >= 4 is 17.6 Å². The molecule has 9 nitrogen and oxygen atoms in total. The number of nitrogens with zero attached hydrogens (tertiary/aromatic N) is 3. The van der Waals surface area contributed by atoms with Gasteiger partial charge < -0.3 is 20.3 Å². The van der Waals surface area contributed by atoms with Crippen LogP contribution in [0.1, 0.15) is 11.3 Å². The van der Waals surface area contributed by atoms with Crippen molar-refractivity contribution in [3.8, 4) is 17.1 Å². The molecule has 156 valence electrons. The summed E-state index contributed by atoms with van der Waals surface area (Å²) < 4.78 is 37.8. The first-order chi connectivity index (χ1) is 14.4. The largest absolute Gasteiger partial charge is 0.494 e. The Morgan fingerprint density at radius 3 is 2.60 bits per heavy atom. The van der Waals surface area contributed by atoms with Gasteiger partial charge in [-0.3, -0.25) is 5.32 Å². The van der Waals surface area contributed by atoms with Gasteiger partial charge in [-0.1, -0.05) is 0 Å². The minimum absolute atomic E-state index is 0.0214. The van der Waals surface area contributed by atoms with Crippen molar-refractivity contribution < 1.29 is 28.2 Å². The molecule has 0 atom stereocenters. The van der Waals surface area contributed by atoms with Crippen molar-refractivity contribution in [1.29, 1.82) is 0 Å². The number of amides is 1. The molecule has 0 fully saturated rings. The first-order valence-corrected chi connectivity index (χ1v) is 8.54. The molecule has 0 bridgehead atoms. The van der Waals surface area contributed by atoms with Crippen LogP contribution in [-0.4, -0.2) is 33.3 Å². The third-order valence-electron chi connectivity index (χ3n) is 3.90. The molecule has 0 spiro atoms. The van der Waals surface area contributed by atoms with Gasteiger partial charge in [0, 0.05) is 0 Å². The zero-order valence-corrected chi connectivity index (χ0v) is 15.7. The van der Waals surface area contributed by atoms with Gasteiger partial charge in [0.05, 0.1) is 44.0 Å². The second kappa shape index (κ2) is 9.09. The zero-order valence-electron chi connectivity index (χ0n) is 15.7. The molecule has 0 radical (unpaired) electrons. The van der Waals surface area contributed by atoms with Crippen molar-refractivity contribution in [1.82, 2.24) is 15.0 Å². The molecular formula is C19H17F2N5O4. The van der Waals surface area contributed by atoms with Crippen molar-refractivity contribution in [2.75, 3.05) is 18.2 Å². The molecular weight excluding hydrogens is 400 g/mol.